The first kappa shape index (κ1) is 39.2. The molecule has 0 rings (SSSR count). The topological polar surface area (TPSA) is 84.6 Å². The fourth-order valence-electron chi connectivity index (χ4n) is 2.07. The van der Waals surface area contributed by atoms with Crippen LogP contribution < -0.4 is 0 Å². The van der Waals surface area contributed by atoms with Gasteiger partial charge in [-0.3, -0.25) is 0 Å². The Labute approximate surface area is 225 Å². The van der Waals surface area contributed by atoms with Gasteiger partial charge in [0.2, 0.25) is 0 Å². The number of nitrogens with zero attached hydrogens (tertiary/aromatic N) is 6. The van der Waals surface area contributed by atoms with E-state index in [1.165, 1.54) is 0 Å². The van der Waals surface area contributed by atoms with Crippen LogP contribution in [0.5, 0.6) is 0 Å². The molecule has 0 aliphatic rings. The standard InChI is InChI=1S/3C8H18N2.La/c3*1-4-6-9-8(3)10-7-5-2;/h3*8H,4-7H2,1-3H3;/q3*-2;. The first-order valence-corrected chi connectivity index (χ1v) is 12.4. The van der Waals surface area contributed by atoms with Gasteiger partial charge in [-0.2, -0.15) is 39.3 Å². The van der Waals surface area contributed by atoms with Crippen molar-refractivity contribution in [2.24, 2.45) is 0 Å². The van der Waals surface area contributed by atoms with Gasteiger partial charge in [-0.15, -0.1) is 20.8 Å². The fourth-order valence-corrected chi connectivity index (χ4v) is 2.07. The average molecular weight is 566 g/mol. The Morgan fingerprint density at radius 2 is 0.484 bits per heavy atom. The van der Waals surface area contributed by atoms with E-state index < -0.39 is 0 Å². The average Bonchev–Trinajstić information content (AvgIpc) is 2.76. The van der Waals surface area contributed by atoms with E-state index in [0.29, 0.717) is 0 Å². The normalized spacial score (nSPS) is 10.5. The van der Waals surface area contributed by atoms with E-state index in [0.717, 1.165) is 77.8 Å². The molecule has 0 fully saturated rings. The van der Waals surface area contributed by atoms with Crippen molar-refractivity contribution >= 4 is 0 Å². The molecule has 0 heterocycles. The maximum atomic E-state index is 4.31. The molecule has 0 aromatic heterocycles. The maximum absolute atomic E-state index is 4.31. The minimum Gasteiger partial charge on any atom is -0.678 e. The Hall–Kier alpha value is 0.955. The van der Waals surface area contributed by atoms with Crippen molar-refractivity contribution in [3.05, 3.63) is 31.9 Å². The molecule has 0 saturated carbocycles. The molecule has 6 nitrogen and oxygen atoms in total. The zero-order valence-corrected chi connectivity index (χ0v) is 26.1. The quantitative estimate of drug-likeness (QED) is 0.159. The molecule has 0 aliphatic heterocycles. The molecule has 0 spiro atoms. The summed E-state index contributed by atoms with van der Waals surface area (Å²) in [6.45, 7) is 24.7. The van der Waals surface area contributed by atoms with Crippen LogP contribution in [0.1, 0.15) is 101 Å². The molecule has 0 amide bonds. The van der Waals surface area contributed by atoms with E-state index in [2.05, 4.69) is 73.4 Å². The zero-order valence-electron chi connectivity index (χ0n) is 22.5. The Morgan fingerprint density at radius 1 is 0.355 bits per heavy atom. The molecule has 189 valence electrons. The summed E-state index contributed by atoms with van der Waals surface area (Å²) in [5.74, 6) is 0. The molecule has 0 unspecified atom stereocenters. The predicted molar refractivity (Wildman–Crippen MR) is 139 cm³/mol. The van der Waals surface area contributed by atoms with Gasteiger partial charge >= 0.3 is 0 Å². The molecule has 31 heavy (non-hydrogen) atoms. The third-order valence-corrected chi connectivity index (χ3v) is 3.70. The van der Waals surface area contributed by atoms with Gasteiger partial charge in [0.1, 0.15) is 0 Å². The molecular weight excluding hydrogens is 511 g/mol. The van der Waals surface area contributed by atoms with E-state index in [4.69, 9.17) is 0 Å². The van der Waals surface area contributed by atoms with Gasteiger partial charge in [-0.05, 0) is 0 Å². The maximum Gasteiger partial charge on any atom is 0 e. The van der Waals surface area contributed by atoms with Crippen LogP contribution in [0.2, 0.25) is 0 Å². The van der Waals surface area contributed by atoms with Crippen molar-refractivity contribution in [1.82, 2.24) is 0 Å². The molecule has 1 radical (unpaired) electrons. The van der Waals surface area contributed by atoms with Crippen LogP contribution >= 0.6 is 0 Å². The largest absolute Gasteiger partial charge is 0.678 e. The molecule has 7 heteroatoms. The number of hydrogen-bond acceptors (Lipinski definition) is 0. The van der Waals surface area contributed by atoms with E-state index in [1.807, 2.05) is 20.8 Å². The van der Waals surface area contributed by atoms with Crippen LogP contribution in [0.25, 0.3) is 31.9 Å². The summed E-state index contributed by atoms with van der Waals surface area (Å²) in [6, 6.07) is 0. The van der Waals surface area contributed by atoms with Crippen LogP contribution in [0.4, 0.5) is 0 Å². The second-order valence-corrected chi connectivity index (χ2v) is 7.33. The monoisotopic (exact) mass is 565 g/mol. The van der Waals surface area contributed by atoms with Gasteiger partial charge in [0.25, 0.3) is 0 Å². The van der Waals surface area contributed by atoms with E-state index in [1.54, 1.807) is 0 Å². The molecule has 0 N–H and O–H groups in total. The van der Waals surface area contributed by atoms with Gasteiger partial charge in [0.15, 0.2) is 0 Å². The Balaban J connectivity index is -0.000000174. The smallest absolute Gasteiger partial charge is 0 e. The van der Waals surface area contributed by atoms with E-state index in [-0.39, 0.29) is 54.1 Å². The molecular formula is C24H54LaN6-6. The van der Waals surface area contributed by atoms with E-state index >= 15 is 0 Å². The van der Waals surface area contributed by atoms with Crippen LogP contribution in [0.3, 0.4) is 0 Å². The van der Waals surface area contributed by atoms with E-state index in [9.17, 15) is 0 Å². The van der Waals surface area contributed by atoms with Gasteiger partial charge in [0, 0.05) is 35.6 Å². The summed E-state index contributed by atoms with van der Waals surface area (Å²) in [6.07, 6.45) is 7.45. The van der Waals surface area contributed by atoms with Gasteiger partial charge in [-0.1, -0.05) is 80.1 Å². The summed E-state index contributed by atoms with van der Waals surface area (Å²) in [7, 11) is 0. The molecule has 0 aromatic carbocycles. The summed E-state index contributed by atoms with van der Waals surface area (Å²) < 4.78 is 0. The van der Waals surface area contributed by atoms with Crippen LogP contribution in [0, 0.1) is 35.6 Å². The van der Waals surface area contributed by atoms with Gasteiger partial charge in [-0.25, -0.2) is 18.5 Å². The number of rotatable bonds is 18. The van der Waals surface area contributed by atoms with Crippen molar-refractivity contribution in [3.8, 4) is 0 Å². The Morgan fingerprint density at radius 3 is 0.581 bits per heavy atom. The van der Waals surface area contributed by atoms with Crippen molar-refractivity contribution in [3.63, 3.8) is 0 Å². The first-order valence-electron chi connectivity index (χ1n) is 12.4. The van der Waals surface area contributed by atoms with Crippen molar-refractivity contribution in [2.75, 3.05) is 39.3 Å². The molecule has 0 atom stereocenters. The molecule has 0 aliphatic carbocycles. The predicted octanol–water partition coefficient (Wildman–Crippen LogP) is 8.70. The summed E-state index contributed by atoms with van der Waals surface area (Å²) in [5, 5.41) is 25.9. The summed E-state index contributed by atoms with van der Waals surface area (Å²) in [5.41, 5.74) is 0. The Bertz CT molecular complexity index is 218. The van der Waals surface area contributed by atoms with Gasteiger partial charge in [0.05, 0.1) is 0 Å². The number of hydrogen-bond donors (Lipinski definition) is 0. The minimum absolute atomic E-state index is 0. The van der Waals surface area contributed by atoms with Gasteiger partial charge < -0.3 is 31.9 Å². The second-order valence-electron chi connectivity index (χ2n) is 7.33. The minimum atomic E-state index is 0. The SMILES string of the molecule is CCC[N-]C(C)[N-]CCC.CCC[N-]C(C)[N-]CCC.CCC[N-]C(C)[N-]CCC.[La]. The summed E-state index contributed by atoms with van der Waals surface area (Å²) in [4.78, 5) is 0. The molecule has 0 aromatic rings. The van der Waals surface area contributed by atoms with Crippen molar-refractivity contribution in [2.45, 2.75) is 119 Å². The fraction of sp³-hybridized carbons (Fsp3) is 1.00. The molecule has 0 bridgehead atoms. The third kappa shape index (κ3) is 41.7. The first-order chi connectivity index (χ1) is 14.4. The summed E-state index contributed by atoms with van der Waals surface area (Å²) >= 11 is 0. The third-order valence-electron chi connectivity index (χ3n) is 3.70. The second kappa shape index (κ2) is 35.5. The molecule has 0 saturated heterocycles. The zero-order chi connectivity index (χ0) is 23.5. The van der Waals surface area contributed by atoms with Crippen LogP contribution in [-0.2, 0) is 0 Å². The Kier molecular flexibility index (Phi) is 44.9. The van der Waals surface area contributed by atoms with Crippen molar-refractivity contribution < 1.29 is 35.6 Å². The van der Waals surface area contributed by atoms with Crippen LogP contribution in [-0.4, -0.2) is 57.8 Å². The van der Waals surface area contributed by atoms with Crippen molar-refractivity contribution in [1.29, 1.82) is 0 Å². The van der Waals surface area contributed by atoms with Crippen LogP contribution in [0.15, 0.2) is 0 Å².